The summed E-state index contributed by atoms with van der Waals surface area (Å²) in [7, 11) is 5.79. The number of carboxylic acid groups (broad SMARTS) is 1. The van der Waals surface area contributed by atoms with Crippen LogP contribution in [0.4, 0.5) is 0 Å². The minimum atomic E-state index is -0.880. The fraction of sp³-hybridized carbons (Fsp3) is 0.409. The summed E-state index contributed by atoms with van der Waals surface area (Å²) in [6, 6.07) is 15.5. The van der Waals surface area contributed by atoms with Crippen molar-refractivity contribution in [1.82, 2.24) is 10.2 Å². The Balaban J connectivity index is 0.00000280. The van der Waals surface area contributed by atoms with Crippen LogP contribution in [0.5, 0.6) is 5.75 Å². The molecule has 2 N–H and O–H groups in total. The number of halogens is 1. The second-order valence-electron chi connectivity index (χ2n) is 7.47. The Bertz CT molecular complexity index is 812. The molecule has 0 spiro atoms. The average Bonchev–Trinajstić information content (AvgIpc) is 2.68. The monoisotopic (exact) mass is 404 g/mol. The highest BCUT2D eigenvalue weighted by Crippen LogP contribution is 2.46. The minimum absolute atomic E-state index is 0. The predicted molar refractivity (Wildman–Crippen MR) is 114 cm³/mol. The highest BCUT2D eigenvalue weighted by atomic mass is 35.5. The average molecular weight is 405 g/mol. The van der Waals surface area contributed by atoms with E-state index in [1.54, 1.807) is 19.2 Å². The molecule has 2 atom stereocenters. The van der Waals surface area contributed by atoms with Gasteiger partial charge in [0, 0.05) is 18.5 Å². The van der Waals surface area contributed by atoms with Gasteiger partial charge in [0.1, 0.15) is 5.75 Å². The number of hydrogen-bond donors (Lipinski definition) is 2. The highest BCUT2D eigenvalue weighted by Gasteiger charge is 2.45. The maximum atomic E-state index is 12.0. The van der Waals surface area contributed by atoms with Crippen LogP contribution in [0.3, 0.4) is 0 Å². The third kappa shape index (κ3) is 4.17. The summed E-state index contributed by atoms with van der Waals surface area (Å²) in [5, 5.41) is 13.4. The number of benzene rings is 2. The molecule has 0 amide bonds. The van der Waals surface area contributed by atoms with Crippen molar-refractivity contribution >= 4 is 18.4 Å². The predicted octanol–water partition coefficient (Wildman–Crippen LogP) is 3.27. The molecule has 0 bridgehead atoms. The van der Waals surface area contributed by atoms with Gasteiger partial charge in [-0.05, 0) is 62.3 Å². The van der Waals surface area contributed by atoms with E-state index in [0.29, 0.717) is 5.56 Å². The second-order valence-corrected chi connectivity index (χ2v) is 7.47. The molecule has 152 valence electrons. The first-order valence-electron chi connectivity index (χ1n) is 9.32. The summed E-state index contributed by atoms with van der Waals surface area (Å²) in [4.78, 5) is 14.2. The minimum Gasteiger partial charge on any atom is -0.497 e. The van der Waals surface area contributed by atoms with E-state index in [4.69, 9.17) is 4.74 Å². The van der Waals surface area contributed by atoms with Crippen molar-refractivity contribution in [2.45, 2.75) is 11.8 Å². The summed E-state index contributed by atoms with van der Waals surface area (Å²) in [6.07, 6.45) is 0.836. The van der Waals surface area contributed by atoms with Crippen molar-refractivity contribution in [2.75, 3.05) is 40.8 Å². The number of ether oxygens (including phenoxy) is 1. The van der Waals surface area contributed by atoms with Gasteiger partial charge in [0.15, 0.2) is 0 Å². The zero-order valence-corrected chi connectivity index (χ0v) is 17.5. The van der Waals surface area contributed by atoms with Gasteiger partial charge in [0.25, 0.3) is 0 Å². The molecule has 0 radical (unpaired) electrons. The van der Waals surface area contributed by atoms with Gasteiger partial charge in [0.2, 0.25) is 0 Å². The topological polar surface area (TPSA) is 61.8 Å². The quantitative estimate of drug-likeness (QED) is 0.773. The second kappa shape index (κ2) is 9.41. The first-order valence-corrected chi connectivity index (χ1v) is 9.32. The number of piperidine rings is 1. The van der Waals surface area contributed by atoms with Gasteiger partial charge in [-0.3, -0.25) is 0 Å². The summed E-state index contributed by atoms with van der Waals surface area (Å²) >= 11 is 0. The number of methoxy groups -OCH3 is 1. The van der Waals surface area contributed by atoms with Crippen LogP contribution < -0.4 is 10.1 Å². The van der Waals surface area contributed by atoms with E-state index in [1.807, 2.05) is 24.3 Å². The molecule has 0 aromatic heterocycles. The largest absolute Gasteiger partial charge is 0.497 e. The lowest BCUT2D eigenvalue weighted by Crippen LogP contribution is -2.52. The van der Waals surface area contributed by atoms with Crippen LogP contribution in [0.2, 0.25) is 0 Å². The van der Waals surface area contributed by atoms with Crippen molar-refractivity contribution in [2.24, 2.45) is 5.92 Å². The van der Waals surface area contributed by atoms with Crippen LogP contribution in [0, 0.1) is 5.92 Å². The Kier molecular flexibility index (Phi) is 7.47. The van der Waals surface area contributed by atoms with Crippen LogP contribution in [0.25, 0.3) is 0 Å². The Morgan fingerprint density at radius 1 is 1.25 bits per heavy atom. The first kappa shape index (κ1) is 22.2. The standard InChI is InChI=1S/C22H28N2O3.ClH/c1-24(2)15-17-14-23-12-11-22(17,16-7-6-8-18(13-16)27-3)20-10-5-4-9-19(20)21(25)26;/h4-10,13,17,23H,11-12,14-15H2,1-3H3,(H,25,26);1H/t17-,22+;/m1./s1. The SMILES string of the molecule is COc1cccc([C@@]2(c3ccccc3C(=O)O)CCNC[C@@H]2CN(C)C)c1.Cl. The van der Waals surface area contributed by atoms with E-state index in [1.165, 1.54) is 0 Å². The fourth-order valence-corrected chi connectivity index (χ4v) is 4.45. The van der Waals surface area contributed by atoms with Crippen molar-refractivity contribution < 1.29 is 14.6 Å². The maximum absolute atomic E-state index is 12.0. The zero-order valence-electron chi connectivity index (χ0n) is 16.6. The zero-order chi connectivity index (χ0) is 19.4. The van der Waals surface area contributed by atoms with Crippen LogP contribution in [0.1, 0.15) is 27.9 Å². The third-order valence-corrected chi connectivity index (χ3v) is 5.59. The molecule has 1 aliphatic rings. The van der Waals surface area contributed by atoms with E-state index < -0.39 is 5.97 Å². The molecule has 2 aromatic rings. The summed E-state index contributed by atoms with van der Waals surface area (Å²) < 4.78 is 5.48. The van der Waals surface area contributed by atoms with E-state index in [2.05, 4.69) is 36.4 Å². The molecular weight excluding hydrogens is 376 g/mol. The maximum Gasteiger partial charge on any atom is 0.335 e. The molecule has 2 aromatic carbocycles. The lowest BCUT2D eigenvalue weighted by atomic mass is 9.61. The molecule has 6 heteroatoms. The summed E-state index contributed by atoms with van der Waals surface area (Å²) in [6.45, 7) is 2.54. The number of carbonyl (C=O) groups is 1. The van der Waals surface area contributed by atoms with Crippen molar-refractivity contribution in [3.8, 4) is 5.75 Å². The molecule has 3 rings (SSSR count). The van der Waals surface area contributed by atoms with Gasteiger partial charge >= 0.3 is 5.97 Å². The first-order chi connectivity index (χ1) is 13.0. The molecule has 28 heavy (non-hydrogen) atoms. The Morgan fingerprint density at radius 3 is 2.68 bits per heavy atom. The van der Waals surface area contributed by atoms with Crippen molar-refractivity contribution in [3.05, 3.63) is 65.2 Å². The Labute approximate surface area is 173 Å². The normalized spacial score (nSPS) is 21.8. The van der Waals surface area contributed by atoms with Crippen LogP contribution in [-0.2, 0) is 5.41 Å². The molecule has 5 nitrogen and oxygen atoms in total. The van der Waals surface area contributed by atoms with E-state index in [-0.39, 0.29) is 23.7 Å². The third-order valence-electron chi connectivity index (χ3n) is 5.59. The molecule has 0 aliphatic carbocycles. The molecular formula is C22H29ClN2O3. The van der Waals surface area contributed by atoms with Crippen molar-refractivity contribution in [3.63, 3.8) is 0 Å². The molecule has 1 saturated heterocycles. The molecule has 0 saturated carbocycles. The lowest BCUT2D eigenvalue weighted by Gasteiger charge is -2.47. The van der Waals surface area contributed by atoms with Crippen LogP contribution in [0.15, 0.2) is 48.5 Å². The number of nitrogens with one attached hydrogen (secondary N) is 1. The molecule has 0 unspecified atom stereocenters. The number of rotatable bonds is 6. The van der Waals surface area contributed by atoms with E-state index in [0.717, 1.165) is 42.9 Å². The smallest absolute Gasteiger partial charge is 0.335 e. The molecule has 1 fully saturated rings. The number of carboxylic acids is 1. The summed E-state index contributed by atoms with van der Waals surface area (Å²) in [5.41, 5.74) is 1.99. The number of hydrogen-bond acceptors (Lipinski definition) is 4. The highest BCUT2D eigenvalue weighted by molar-refractivity contribution is 5.90. The Hall–Kier alpha value is -2.08. The van der Waals surface area contributed by atoms with Gasteiger partial charge in [0.05, 0.1) is 12.7 Å². The fourth-order valence-electron chi connectivity index (χ4n) is 4.45. The van der Waals surface area contributed by atoms with E-state index in [9.17, 15) is 9.90 Å². The lowest BCUT2D eigenvalue weighted by molar-refractivity contribution is 0.0691. The Morgan fingerprint density at radius 2 is 2.00 bits per heavy atom. The van der Waals surface area contributed by atoms with Gasteiger partial charge < -0.3 is 20.1 Å². The molecule has 1 aliphatic heterocycles. The molecule has 1 heterocycles. The van der Waals surface area contributed by atoms with E-state index >= 15 is 0 Å². The van der Waals surface area contributed by atoms with Crippen molar-refractivity contribution in [1.29, 1.82) is 0 Å². The van der Waals surface area contributed by atoms with Gasteiger partial charge in [-0.25, -0.2) is 4.79 Å². The van der Waals surface area contributed by atoms with Crippen LogP contribution >= 0.6 is 12.4 Å². The van der Waals surface area contributed by atoms with Gasteiger partial charge in [-0.1, -0.05) is 30.3 Å². The van der Waals surface area contributed by atoms with Gasteiger partial charge in [-0.2, -0.15) is 0 Å². The number of nitrogens with zero attached hydrogens (tertiary/aromatic N) is 1. The van der Waals surface area contributed by atoms with Gasteiger partial charge in [-0.15, -0.1) is 12.4 Å². The summed E-state index contributed by atoms with van der Waals surface area (Å²) in [5.74, 6) is 0.144. The number of aromatic carboxylic acids is 1. The van der Waals surface area contributed by atoms with Crippen LogP contribution in [-0.4, -0.2) is 56.8 Å².